The van der Waals surface area contributed by atoms with E-state index in [1.165, 1.54) is 0 Å². The van der Waals surface area contributed by atoms with Crippen LogP contribution in [-0.2, 0) is 4.74 Å². The van der Waals surface area contributed by atoms with Crippen LogP contribution in [0.2, 0.25) is 0 Å². The summed E-state index contributed by atoms with van der Waals surface area (Å²) in [6.07, 6.45) is 0.458. The van der Waals surface area contributed by atoms with Crippen LogP contribution in [0.3, 0.4) is 0 Å². The zero-order chi connectivity index (χ0) is 11.6. The molecule has 0 bridgehead atoms. The van der Waals surface area contributed by atoms with E-state index >= 15 is 0 Å². The minimum atomic E-state index is 0.184. The first kappa shape index (κ1) is 12.5. The molecule has 0 aromatic heterocycles. The van der Waals surface area contributed by atoms with E-state index in [2.05, 4.69) is 31.2 Å². The molecule has 0 spiro atoms. The molecule has 0 saturated carbocycles. The maximum atomic E-state index is 5.77. The first-order chi connectivity index (χ1) is 6.97. The molecule has 15 heavy (non-hydrogen) atoms. The summed E-state index contributed by atoms with van der Waals surface area (Å²) in [5.41, 5.74) is 2.73. The van der Waals surface area contributed by atoms with Crippen molar-refractivity contribution in [2.24, 2.45) is 22.7 Å². The summed E-state index contributed by atoms with van der Waals surface area (Å²) in [4.78, 5) is 4.51. The molecule has 0 aliphatic carbocycles. The van der Waals surface area contributed by atoms with Gasteiger partial charge in [-0.3, -0.25) is 4.99 Å². The van der Waals surface area contributed by atoms with Crippen LogP contribution in [0.15, 0.2) is 4.99 Å². The zero-order valence-electron chi connectivity index (χ0n) is 10.3. The predicted octanol–water partition coefficient (Wildman–Crippen LogP) is 1.32. The average molecular weight is 213 g/mol. The van der Waals surface area contributed by atoms with Gasteiger partial charge in [-0.25, -0.2) is 5.84 Å². The number of nitrogens with zero attached hydrogens (tertiary/aromatic N) is 1. The molecule has 4 nitrogen and oxygen atoms in total. The molecule has 0 aromatic carbocycles. The van der Waals surface area contributed by atoms with Gasteiger partial charge in [-0.2, -0.15) is 0 Å². The Balaban J connectivity index is 2.84. The van der Waals surface area contributed by atoms with Crippen molar-refractivity contribution < 1.29 is 4.74 Å². The van der Waals surface area contributed by atoms with Crippen molar-refractivity contribution in [3.8, 4) is 0 Å². The van der Waals surface area contributed by atoms with Crippen LogP contribution in [0.5, 0.6) is 0 Å². The van der Waals surface area contributed by atoms with E-state index in [4.69, 9.17) is 10.6 Å². The fraction of sp³-hybridized carbons (Fsp3) is 0.909. The largest absolute Gasteiger partial charge is 0.374 e. The third-order valence-corrected chi connectivity index (χ3v) is 3.10. The molecule has 4 unspecified atom stereocenters. The maximum absolute atomic E-state index is 5.77. The van der Waals surface area contributed by atoms with Crippen molar-refractivity contribution in [1.29, 1.82) is 0 Å². The second-order valence-electron chi connectivity index (χ2n) is 4.68. The maximum Gasteiger partial charge on any atom is 0.117 e. The Kier molecular flexibility index (Phi) is 4.11. The molecule has 88 valence electrons. The minimum Gasteiger partial charge on any atom is -0.374 e. The summed E-state index contributed by atoms with van der Waals surface area (Å²) >= 11 is 0. The van der Waals surface area contributed by atoms with E-state index in [0.29, 0.717) is 5.92 Å². The number of nitrogens with two attached hydrogens (primary N) is 1. The molecule has 1 rings (SSSR count). The number of amidine groups is 1. The lowest BCUT2D eigenvalue weighted by atomic mass is 9.88. The van der Waals surface area contributed by atoms with Crippen LogP contribution < -0.4 is 11.3 Å². The van der Waals surface area contributed by atoms with Crippen molar-refractivity contribution >= 4 is 5.84 Å². The molecule has 1 aliphatic heterocycles. The molecular formula is C11H23N3O. The molecule has 4 atom stereocenters. The zero-order valence-corrected chi connectivity index (χ0v) is 10.3. The molecule has 1 fully saturated rings. The van der Waals surface area contributed by atoms with Gasteiger partial charge >= 0.3 is 0 Å². The molecule has 4 heteroatoms. The summed E-state index contributed by atoms with van der Waals surface area (Å²) in [6, 6.07) is 0.256. The molecule has 1 saturated heterocycles. The highest BCUT2D eigenvalue weighted by molar-refractivity contribution is 5.85. The van der Waals surface area contributed by atoms with E-state index in [0.717, 1.165) is 5.84 Å². The Labute approximate surface area is 92.3 Å². The lowest BCUT2D eigenvalue weighted by Gasteiger charge is -2.21. The van der Waals surface area contributed by atoms with Gasteiger partial charge in [0.1, 0.15) is 5.84 Å². The topological polar surface area (TPSA) is 59.6 Å². The number of aliphatic imine (C=N–C) groups is 1. The van der Waals surface area contributed by atoms with Crippen molar-refractivity contribution in [1.82, 2.24) is 5.43 Å². The van der Waals surface area contributed by atoms with E-state index in [-0.39, 0.29) is 24.2 Å². The second-order valence-corrected chi connectivity index (χ2v) is 4.68. The smallest absolute Gasteiger partial charge is 0.117 e. The van der Waals surface area contributed by atoms with Crippen LogP contribution in [0.25, 0.3) is 0 Å². The van der Waals surface area contributed by atoms with Gasteiger partial charge in [-0.15, -0.1) is 0 Å². The van der Waals surface area contributed by atoms with Gasteiger partial charge in [0.15, 0.2) is 0 Å². The Morgan fingerprint density at radius 3 is 2.20 bits per heavy atom. The second kappa shape index (κ2) is 4.94. The van der Waals surface area contributed by atoms with E-state index < -0.39 is 0 Å². The normalized spacial score (nSPS) is 37.4. The minimum absolute atomic E-state index is 0.184. The number of ether oxygens (including phenoxy) is 1. The monoisotopic (exact) mass is 213 g/mol. The fourth-order valence-electron chi connectivity index (χ4n) is 2.24. The van der Waals surface area contributed by atoms with Gasteiger partial charge in [0.2, 0.25) is 0 Å². The van der Waals surface area contributed by atoms with E-state index in [1.807, 2.05) is 13.8 Å². The van der Waals surface area contributed by atoms with E-state index in [1.54, 1.807) is 0 Å². The Bertz CT molecular complexity index is 240. The summed E-state index contributed by atoms with van der Waals surface area (Å²) in [5, 5.41) is 0. The summed E-state index contributed by atoms with van der Waals surface area (Å²) < 4.78 is 5.77. The quantitative estimate of drug-likeness (QED) is 0.315. The Morgan fingerprint density at radius 2 is 1.87 bits per heavy atom. The molecular weight excluding hydrogens is 190 g/mol. The number of rotatable bonds is 2. The molecule has 1 aliphatic rings. The Morgan fingerprint density at radius 1 is 1.27 bits per heavy atom. The highest BCUT2D eigenvalue weighted by Crippen LogP contribution is 2.32. The first-order valence-electron chi connectivity index (χ1n) is 5.67. The fourth-order valence-corrected chi connectivity index (χ4v) is 2.24. The Hall–Kier alpha value is -0.610. The number of nitrogens with one attached hydrogen (secondary N) is 1. The number of hydrogen-bond acceptors (Lipinski definition) is 3. The SMILES string of the molecule is CC(C)N=C(NN)C1C(C)OC(C)C1C. The standard InChI is InChI=1S/C11H23N3O/c1-6(2)13-11(14-12)10-7(3)8(4)15-9(10)5/h6-10H,12H2,1-5H3,(H,13,14). The van der Waals surface area contributed by atoms with Crippen molar-refractivity contribution in [3.63, 3.8) is 0 Å². The molecule has 0 aromatic rings. The van der Waals surface area contributed by atoms with Crippen LogP contribution in [0, 0.1) is 11.8 Å². The van der Waals surface area contributed by atoms with Gasteiger partial charge in [0.25, 0.3) is 0 Å². The summed E-state index contributed by atoms with van der Waals surface area (Å²) in [6.45, 7) is 10.5. The third kappa shape index (κ3) is 2.69. The van der Waals surface area contributed by atoms with Crippen molar-refractivity contribution in [3.05, 3.63) is 0 Å². The third-order valence-electron chi connectivity index (χ3n) is 3.10. The predicted molar refractivity (Wildman–Crippen MR) is 62.6 cm³/mol. The number of hydrogen-bond donors (Lipinski definition) is 2. The first-order valence-corrected chi connectivity index (χ1v) is 5.67. The average Bonchev–Trinajstić information content (AvgIpc) is 2.38. The molecule has 0 amide bonds. The van der Waals surface area contributed by atoms with Gasteiger partial charge in [-0.1, -0.05) is 6.92 Å². The van der Waals surface area contributed by atoms with Crippen molar-refractivity contribution in [2.75, 3.05) is 0 Å². The lowest BCUT2D eigenvalue weighted by molar-refractivity contribution is 0.0549. The highest BCUT2D eigenvalue weighted by Gasteiger charge is 2.40. The van der Waals surface area contributed by atoms with Crippen molar-refractivity contribution in [2.45, 2.75) is 52.9 Å². The molecule has 0 radical (unpaired) electrons. The number of hydrazine groups is 1. The highest BCUT2D eigenvalue weighted by atomic mass is 16.5. The van der Waals surface area contributed by atoms with Gasteiger partial charge in [0, 0.05) is 12.0 Å². The molecule has 3 N–H and O–H groups in total. The summed E-state index contributed by atoms with van der Waals surface area (Å²) in [7, 11) is 0. The van der Waals surface area contributed by atoms with E-state index in [9.17, 15) is 0 Å². The molecule has 1 heterocycles. The van der Waals surface area contributed by atoms with Crippen LogP contribution in [0.4, 0.5) is 0 Å². The van der Waals surface area contributed by atoms with Crippen LogP contribution >= 0.6 is 0 Å². The van der Waals surface area contributed by atoms with Gasteiger partial charge in [-0.05, 0) is 33.6 Å². The van der Waals surface area contributed by atoms with Crippen LogP contribution in [0.1, 0.15) is 34.6 Å². The summed E-state index contributed by atoms with van der Waals surface area (Å²) in [5.74, 6) is 7.14. The lowest BCUT2D eigenvalue weighted by Crippen LogP contribution is -2.41. The van der Waals surface area contributed by atoms with Gasteiger partial charge in [0.05, 0.1) is 12.2 Å². The van der Waals surface area contributed by atoms with Gasteiger partial charge < -0.3 is 10.2 Å². The van der Waals surface area contributed by atoms with Crippen LogP contribution in [-0.4, -0.2) is 24.1 Å².